The summed E-state index contributed by atoms with van der Waals surface area (Å²) in [5, 5.41) is 0. The van der Waals surface area contributed by atoms with Crippen LogP contribution in [0.1, 0.15) is 21.5 Å². The molecule has 2 heterocycles. The van der Waals surface area contributed by atoms with Gasteiger partial charge in [-0.15, -0.1) is 0 Å². The second-order valence-electron chi connectivity index (χ2n) is 5.98. The Bertz CT molecular complexity index is 845. The van der Waals surface area contributed by atoms with Gasteiger partial charge in [-0.3, -0.25) is 9.79 Å². The molecule has 5 heteroatoms. The zero-order valence-electron chi connectivity index (χ0n) is 13.7. The molecule has 0 saturated heterocycles. The number of hydrogen-bond acceptors (Lipinski definition) is 4. The van der Waals surface area contributed by atoms with E-state index in [2.05, 4.69) is 17.1 Å². The molecule has 0 spiro atoms. The summed E-state index contributed by atoms with van der Waals surface area (Å²) in [7, 11) is 3.14. The van der Waals surface area contributed by atoms with Crippen LogP contribution in [0.4, 0.5) is 5.69 Å². The molecule has 2 aromatic rings. The van der Waals surface area contributed by atoms with Gasteiger partial charge in [-0.25, -0.2) is 0 Å². The fraction of sp³-hybridized carbons (Fsp3) is 0.263. The molecule has 24 heavy (non-hydrogen) atoms. The van der Waals surface area contributed by atoms with Crippen molar-refractivity contribution in [3.63, 3.8) is 0 Å². The van der Waals surface area contributed by atoms with Gasteiger partial charge in [0, 0.05) is 18.8 Å². The topological polar surface area (TPSA) is 51.1 Å². The number of benzene rings is 2. The molecular formula is C19H18N2O3. The Balaban J connectivity index is 1.79. The summed E-state index contributed by atoms with van der Waals surface area (Å²) in [4.78, 5) is 19.5. The van der Waals surface area contributed by atoms with Gasteiger partial charge >= 0.3 is 0 Å². The molecule has 1 unspecified atom stereocenters. The minimum absolute atomic E-state index is 0.0250. The molecule has 122 valence electrons. The summed E-state index contributed by atoms with van der Waals surface area (Å²) in [5.74, 6) is 1.09. The van der Waals surface area contributed by atoms with Crippen LogP contribution < -0.4 is 9.47 Å². The molecule has 2 aliphatic rings. The predicted octanol–water partition coefficient (Wildman–Crippen LogP) is 2.99. The van der Waals surface area contributed by atoms with Gasteiger partial charge in [-0.05, 0) is 23.6 Å². The molecule has 1 atom stereocenters. The highest BCUT2D eigenvalue weighted by molar-refractivity contribution is 6.03. The van der Waals surface area contributed by atoms with E-state index in [1.165, 1.54) is 11.1 Å². The van der Waals surface area contributed by atoms with Gasteiger partial charge < -0.3 is 14.4 Å². The quantitative estimate of drug-likeness (QED) is 0.854. The number of amides is 1. The lowest BCUT2D eigenvalue weighted by Gasteiger charge is -2.34. The van der Waals surface area contributed by atoms with E-state index >= 15 is 0 Å². The minimum atomic E-state index is -0.0308. The van der Waals surface area contributed by atoms with Crippen molar-refractivity contribution in [1.82, 2.24) is 4.90 Å². The minimum Gasteiger partial charge on any atom is -0.493 e. The molecule has 4 rings (SSSR count). The van der Waals surface area contributed by atoms with Gasteiger partial charge in [0.2, 0.25) is 0 Å². The number of ether oxygens (including phenoxy) is 2. The first-order valence-corrected chi connectivity index (χ1v) is 7.89. The molecule has 0 fully saturated rings. The maximum Gasteiger partial charge on any atom is 0.257 e. The number of methoxy groups -OCH3 is 2. The molecule has 0 saturated carbocycles. The van der Waals surface area contributed by atoms with Crippen molar-refractivity contribution >= 4 is 17.8 Å². The molecule has 0 N–H and O–H groups in total. The first kappa shape index (κ1) is 14.8. The summed E-state index contributed by atoms with van der Waals surface area (Å²) < 4.78 is 10.7. The van der Waals surface area contributed by atoms with E-state index in [1.54, 1.807) is 26.4 Å². The largest absolute Gasteiger partial charge is 0.493 e. The van der Waals surface area contributed by atoms with E-state index in [-0.39, 0.29) is 11.9 Å². The van der Waals surface area contributed by atoms with Crippen LogP contribution in [-0.2, 0) is 13.0 Å². The van der Waals surface area contributed by atoms with Crippen molar-refractivity contribution in [3.05, 3.63) is 53.1 Å². The second-order valence-corrected chi connectivity index (χ2v) is 5.98. The smallest absolute Gasteiger partial charge is 0.257 e. The SMILES string of the molecule is COc1cc2c(cc1OC)C(=O)N1Cc3ccccc3CC1C=N2. The van der Waals surface area contributed by atoms with Crippen molar-refractivity contribution in [2.75, 3.05) is 14.2 Å². The van der Waals surface area contributed by atoms with Crippen LogP contribution in [0, 0.1) is 0 Å². The fourth-order valence-corrected chi connectivity index (χ4v) is 3.37. The third-order valence-electron chi connectivity index (χ3n) is 4.67. The monoisotopic (exact) mass is 322 g/mol. The van der Waals surface area contributed by atoms with E-state index in [0.717, 1.165) is 6.42 Å². The van der Waals surface area contributed by atoms with Crippen LogP contribution in [0.2, 0.25) is 0 Å². The maximum atomic E-state index is 13.1. The van der Waals surface area contributed by atoms with Gasteiger partial charge in [0.1, 0.15) is 0 Å². The molecule has 5 nitrogen and oxygen atoms in total. The summed E-state index contributed by atoms with van der Waals surface area (Å²) >= 11 is 0. The van der Waals surface area contributed by atoms with Crippen molar-refractivity contribution in [2.45, 2.75) is 19.0 Å². The molecule has 2 aliphatic heterocycles. The van der Waals surface area contributed by atoms with Crippen molar-refractivity contribution in [3.8, 4) is 11.5 Å². The summed E-state index contributed by atoms with van der Waals surface area (Å²) in [6.45, 7) is 0.597. The van der Waals surface area contributed by atoms with Gasteiger partial charge in [0.05, 0.1) is 31.5 Å². The Morgan fingerprint density at radius 3 is 2.54 bits per heavy atom. The predicted molar refractivity (Wildman–Crippen MR) is 91.5 cm³/mol. The molecule has 0 aliphatic carbocycles. The highest BCUT2D eigenvalue weighted by Crippen LogP contribution is 2.38. The van der Waals surface area contributed by atoms with Gasteiger partial charge in [0.15, 0.2) is 11.5 Å². The van der Waals surface area contributed by atoms with Crippen molar-refractivity contribution in [1.29, 1.82) is 0 Å². The van der Waals surface area contributed by atoms with Gasteiger partial charge in [0.25, 0.3) is 5.91 Å². The van der Waals surface area contributed by atoms with E-state index in [4.69, 9.17) is 9.47 Å². The number of carbonyl (C=O) groups excluding carboxylic acids is 1. The average Bonchev–Trinajstić information content (AvgIpc) is 2.76. The average molecular weight is 322 g/mol. The van der Waals surface area contributed by atoms with E-state index in [0.29, 0.717) is 29.3 Å². The van der Waals surface area contributed by atoms with E-state index in [1.807, 2.05) is 23.2 Å². The first-order chi connectivity index (χ1) is 11.7. The van der Waals surface area contributed by atoms with Crippen molar-refractivity contribution in [2.24, 2.45) is 4.99 Å². The zero-order chi connectivity index (χ0) is 16.7. The Hall–Kier alpha value is -2.82. The van der Waals surface area contributed by atoms with Crippen LogP contribution in [0.15, 0.2) is 41.4 Å². The zero-order valence-corrected chi connectivity index (χ0v) is 13.7. The number of carbonyl (C=O) groups is 1. The molecule has 0 aromatic heterocycles. The number of aliphatic imine (C=N–C) groups is 1. The Morgan fingerprint density at radius 1 is 1.08 bits per heavy atom. The summed E-state index contributed by atoms with van der Waals surface area (Å²) in [6, 6.07) is 11.7. The molecular weight excluding hydrogens is 304 g/mol. The lowest BCUT2D eigenvalue weighted by molar-refractivity contribution is 0.0703. The van der Waals surface area contributed by atoms with E-state index in [9.17, 15) is 4.79 Å². The molecule has 0 radical (unpaired) electrons. The number of rotatable bonds is 2. The van der Waals surface area contributed by atoms with Gasteiger partial charge in [-0.2, -0.15) is 0 Å². The van der Waals surface area contributed by atoms with Crippen molar-refractivity contribution < 1.29 is 14.3 Å². The van der Waals surface area contributed by atoms with Gasteiger partial charge in [-0.1, -0.05) is 24.3 Å². The summed E-state index contributed by atoms with van der Waals surface area (Å²) in [6.07, 6.45) is 2.65. The molecule has 1 amide bonds. The lowest BCUT2D eigenvalue weighted by Crippen LogP contribution is -2.44. The normalized spacial score (nSPS) is 18.3. The Morgan fingerprint density at radius 2 is 1.79 bits per heavy atom. The molecule has 0 bridgehead atoms. The highest BCUT2D eigenvalue weighted by atomic mass is 16.5. The maximum absolute atomic E-state index is 13.1. The van der Waals surface area contributed by atoms with Crippen LogP contribution in [-0.4, -0.2) is 37.3 Å². The number of hydrogen-bond donors (Lipinski definition) is 0. The Labute approximate surface area is 140 Å². The lowest BCUT2D eigenvalue weighted by atomic mass is 9.94. The standard InChI is InChI=1S/C19H18N2O3/c1-23-17-8-15-16(9-18(17)24-2)20-10-14-7-12-5-3-4-6-13(12)11-21(14)19(15)22/h3-6,8-10,14H,7,11H2,1-2H3. The third kappa shape index (κ3) is 2.24. The highest BCUT2D eigenvalue weighted by Gasteiger charge is 2.33. The van der Waals surface area contributed by atoms with Crippen LogP contribution in [0.5, 0.6) is 11.5 Å². The van der Waals surface area contributed by atoms with E-state index < -0.39 is 0 Å². The second kappa shape index (κ2) is 5.67. The Kier molecular flexibility index (Phi) is 3.49. The molecule has 2 aromatic carbocycles. The van der Waals surface area contributed by atoms with Crippen LogP contribution in [0.25, 0.3) is 0 Å². The van der Waals surface area contributed by atoms with Crippen LogP contribution in [0.3, 0.4) is 0 Å². The summed E-state index contributed by atoms with van der Waals surface area (Å²) in [5.41, 5.74) is 3.64. The first-order valence-electron chi connectivity index (χ1n) is 7.89. The number of fused-ring (bicyclic) bond motifs is 3. The number of nitrogens with zero attached hydrogens (tertiary/aromatic N) is 2. The van der Waals surface area contributed by atoms with Crippen LogP contribution >= 0.6 is 0 Å². The third-order valence-corrected chi connectivity index (χ3v) is 4.67. The fourth-order valence-electron chi connectivity index (χ4n) is 3.37.